The molecule has 0 aliphatic heterocycles. The maximum atomic E-state index is 10.9. The summed E-state index contributed by atoms with van der Waals surface area (Å²) in [7, 11) is 0. The molecule has 5 nitrogen and oxygen atoms in total. The van der Waals surface area contributed by atoms with E-state index >= 15 is 0 Å². The van der Waals surface area contributed by atoms with Crippen LogP contribution in [0.2, 0.25) is 0 Å². The van der Waals surface area contributed by atoms with Gasteiger partial charge in [-0.3, -0.25) is 4.79 Å². The zero-order valence-corrected chi connectivity index (χ0v) is 10.1. The number of halogens is 1. The second-order valence-electron chi connectivity index (χ2n) is 3.28. The highest BCUT2D eigenvalue weighted by atomic mass is 79.9. The van der Waals surface area contributed by atoms with Crippen molar-refractivity contribution < 1.29 is 4.79 Å². The number of carbonyl (C=O) groups excluding carboxylic acids is 1. The lowest BCUT2D eigenvalue weighted by Crippen LogP contribution is -2.12. The second kappa shape index (κ2) is 4.05. The molecule has 16 heavy (non-hydrogen) atoms. The lowest BCUT2D eigenvalue weighted by molar-refractivity contribution is 0.0995. The highest BCUT2D eigenvalue weighted by Gasteiger charge is 2.10. The zero-order chi connectivity index (χ0) is 11.7. The summed E-state index contributed by atoms with van der Waals surface area (Å²) in [6, 6.07) is 3.44. The van der Waals surface area contributed by atoms with Crippen LogP contribution in [0.3, 0.4) is 0 Å². The van der Waals surface area contributed by atoms with Crippen molar-refractivity contribution in [1.82, 2.24) is 14.8 Å². The summed E-state index contributed by atoms with van der Waals surface area (Å²) < 4.78 is 2.35. The Balaban J connectivity index is 2.50. The predicted molar refractivity (Wildman–Crippen MR) is 62.3 cm³/mol. The van der Waals surface area contributed by atoms with Gasteiger partial charge >= 0.3 is 0 Å². The smallest absolute Gasteiger partial charge is 0.269 e. The van der Waals surface area contributed by atoms with E-state index in [9.17, 15) is 4.79 Å². The fourth-order valence-electron chi connectivity index (χ4n) is 1.26. The first-order chi connectivity index (χ1) is 7.59. The summed E-state index contributed by atoms with van der Waals surface area (Å²) in [5.74, 6) is 0.0787. The maximum absolute atomic E-state index is 10.9. The van der Waals surface area contributed by atoms with Crippen molar-refractivity contribution in [3.63, 3.8) is 0 Å². The van der Waals surface area contributed by atoms with Crippen molar-refractivity contribution in [2.45, 2.75) is 6.92 Å². The fraction of sp³-hybridized carbons (Fsp3) is 0.100. The molecule has 82 valence electrons. The van der Waals surface area contributed by atoms with E-state index in [4.69, 9.17) is 5.73 Å². The average molecular weight is 281 g/mol. The standard InChI is InChI=1S/C10H9BrN4O/c1-6-2-4-13-10(8(6)11)15-5-3-7(14-15)9(12)16/h2-5H,1H3,(H2,12,16). The number of nitrogens with zero attached hydrogens (tertiary/aromatic N) is 3. The summed E-state index contributed by atoms with van der Waals surface area (Å²) in [6.45, 7) is 1.95. The number of rotatable bonds is 2. The van der Waals surface area contributed by atoms with Gasteiger partial charge in [0.05, 0.1) is 4.47 Å². The van der Waals surface area contributed by atoms with Gasteiger partial charge in [0, 0.05) is 12.4 Å². The first-order valence-electron chi connectivity index (χ1n) is 4.56. The molecule has 0 saturated heterocycles. The number of amides is 1. The Morgan fingerprint density at radius 2 is 2.25 bits per heavy atom. The van der Waals surface area contributed by atoms with Crippen LogP contribution < -0.4 is 5.73 Å². The molecular weight excluding hydrogens is 272 g/mol. The Kier molecular flexibility index (Phi) is 2.74. The van der Waals surface area contributed by atoms with Gasteiger partial charge in [-0.15, -0.1) is 0 Å². The molecular formula is C10H9BrN4O. The molecule has 0 unspecified atom stereocenters. The fourth-order valence-corrected chi connectivity index (χ4v) is 1.68. The number of hydrogen-bond donors (Lipinski definition) is 1. The van der Waals surface area contributed by atoms with E-state index in [2.05, 4.69) is 26.0 Å². The van der Waals surface area contributed by atoms with Crippen molar-refractivity contribution in [2.75, 3.05) is 0 Å². The highest BCUT2D eigenvalue weighted by molar-refractivity contribution is 9.10. The van der Waals surface area contributed by atoms with E-state index in [0.717, 1.165) is 10.0 Å². The molecule has 2 aromatic heterocycles. The van der Waals surface area contributed by atoms with E-state index in [-0.39, 0.29) is 5.69 Å². The molecule has 0 aromatic carbocycles. The van der Waals surface area contributed by atoms with E-state index < -0.39 is 5.91 Å². The van der Waals surface area contributed by atoms with E-state index in [1.165, 1.54) is 4.68 Å². The van der Waals surface area contributed by atoms with Gasteiger partial charge in [0.25, 0.3) is 5.91 Å². The minimum absolute atomic E-state index is 0.218. The van der Waals surface area contributed by atoms with Gasteiger partial charge < -0.3 is 5.73 Å². The van der Waals surface area contributed by atoms with Gasteiger partial charge in [-0.1, -0.05) is 0 Å². The molecule has 0 bridgehead atoms. The van der Waals surface area contributed by atoms with Crippen molar-refractivity contribution in [1.29, 1.82) is 0 Å². The van der Waals surface area contributed by atoms with Crippen LogP contribution in [0.25, 0.3) is 5.82 Å². The molecule has 2 N–H and O–H groups in total. The summed E-state index contributed by atoms with van der Waals surface area (Å²) in [5.41, 5.74) is 6.39. The SMILES string of the molecule is Cc1ccnc(-n2ccc(C(N)=O)n2)c1Br. The van der Waals surface area contributed by atoms with E-state index in [1.54, 1.807) is 18.5 Å². The normalized spacial score (nSPS) is 10.4. The van der Waals surface area contributed by atoms with Crippen LogP contribution in [0.4, 0.5) is 0 Å². The molecule has 2 aromatic rings. The first kappa shape index (κ1) is 10.8. The maximum Gasteiger partial charge on any atom is 0.269 e. The van der Waals surface area contributed by atoms with Gasteiger partial charge in [-0.2, -0.15) is 5.10 Å². The molecule has 0 aliphatic rings. The largest absolute Gasteiger partial charge is 0.364 e. The topological polar surface area (TPSA) is 73.8 Å². The molecule has 0 spiro atoms. The predicted octanol–water partition coefficient (Wildman–Crippen LogP) is 1.44. The van der Waals surface area contributed by atoms with E-state index in [1.807, 2.05) is 13.0 Å². The number of hydrogen-bond acceptors (Lipinski definition) is 3. The summed E-state index contributed by atoms with van der Waals surface area (Å²) in [4.78, 5) is 15.1. The quantitative estimate of drug-likeness (QED) is 0.905. The third kappa shape index (κ3) is 1.83. The van der Waals surface area contributed by atoms with Gasteiger partial charge in [0.1, 0.15) is 5.69 Å². The summed E-state index contributed by atoms with van der Waals surface area (Å²) in [6.07, 6.45) is 3.33. The third-order valence-corrected chi connectivity index (χ3v) is 3.10. The lowest BCUT2D eigenvalue weighted by Gasteiger charge is -2.04. The van der Waals surface area contributed by atoms with Crippen LogP contribution in [-0.2, 0) is 0 Å². The molecule has 2 heterocycles. The molecule has 1 amide bonds. The van der Waals surface area contributed by atoms with Crippen molar-refractivity contribution >= 4 is 21.8 Å². The van der Waals surface area contributed by atoms with Crippen LogP contribution in [0.5, 0.6) is 0 Å². The Hall–Kier alpha value is -1.69. The first-order valence-corrected chi connectivity index (χ1v) is 5.36. The van der Waals surface area contributed by atoms with Crippen molar-refractivity contribution in [3.05, 3.63) is 40.3 Å². The minimum Gasteiger partial charge on any atom is -0.364 e. The van der Waals surface area contributed by atoms with Crippen molar-refractivity contribution in [3.8, 4) is 5.82 Å². The van der Waals surface area contributed by atoms with Crippen LogP contribution in [0, 0.1) is 6.92 Å². The monoisotopic (exact) mass is 280 g/mol. The Morgan fingerprint density at radius 1 is 1.50 bits per heavy atom. The van der Waals surface area contributed by atoms with E-state index in [0.29, 0.717) is 5.82 Å². The molecule has 2 rings (SSSR count). The number of pyridine rings is 1. The third-order valence-electron chi connectivity index (χ3n) is 2.12. The molecule has 0 atom stereocenters. The Labute approximate surface area is 100 Å². The number of aryl methyl sites for hydroxylation is 1. The molecule has 0 saturated carbocycles. The number of primary amides is 1. The van der Waals surface area contributed by atoms with Gasteiger partial charge in [-0.05, 0) is 40.5 Å². The van der Waals surface area contributed by atoms with Crippen LogP contribution in [0.15, 0.2) is 29.0 Å². The van der Waals surface area contributed by atoms with Crippen molar-refractivity contribution in [2.24, 2.45) is 5.73 Å². The molecule has 0 aliphatic carbocycles. The summed E-state index contributed by atoms with van der Waals surface area (Å²) in [5, 5.41) is 4.03. The highest BCUT2D eigenvalue weighted by Crippen LogP contribution is 2.21. The number of nitrogens with two attached hydrogens (primary N) is 1. The second-order valence-corrected chi connectivity index (χ2v) is 4.07. The van der Waals surface area contributed by atoms with Gasteiger partial charge in [0.15, 0.2) is 5.82 Å². The minimum atomic E-state index is -0.553. The molecule has 0 radical (unpaired) electrons. The molecule has 6 heteroatoms. The zero-order valence-electron chi connectivity index (χ0n) is 8.51. The van der Waals surface area contributed by atoms with Crippen LogP contribution >= 0.6 is 15.9 Å². The number of carbonyl (C=O) groups is 1. The lowest BCUT2D eigenvalue weighted by atomic mass is 10.3. The number of aromatic nitrogens is 3. The Bertz CT molecular complexity index is 550. The van der Waals surface area contributed by atoms with Crippen LogP contribution in [-0.4, -0.2) is 20.7 Å². The van der Waals surface area contributed by atoms with Crippen LogP contribution in [0.1, 0.15) is 16.1 Å². The summed E-state index contributed by atoms with van der Waals surface area (Å²) >= 11 is 3.42. The van der Waals surface area contributed by atoms with Gasteiger partial charge in [-0.25, -0.2) is 9.67 Å². The Morgan fingerprint density at radius 3 is 2.88 bits per heavy atom. The molecule has 0 fully saturated rings. The van der Waals surface area contributed by atoms with Gasteiger partial charge in [0.2, 0.25) is 0 Å². The average Bonchev–Trinajstić information content (AvgIpc) is 2.71.